The normalized spacial score (nSPS) is 21.9. The van der Waals surface area contributed by atoms with Crippen LogP contribution in [-0.2, 0) is 11.2 Å². The Morgan fingerprint density at radius 1 is 1.25 bits per heavy atom. The zero-order valence-corrected chi connectivity index (χ0v) is 12.6. The van der Waals surface area contributed by atoms with Gasteiger partial charge in [0.15, 0.2) is 0 Å². The number of hydrogen-bond acceptors (Lipinski definition) is 2. The Bertz CT molecular complexity index is 418. The van der Waals surface area contributed by atoms with E-state index < -0.39 is 0 Å². The molecule has 1 aliphatic heterocycles. The third kappa shape index (κ3) is 4.07. The first-order chi connectivity index (χ1) is 9.68. The average Bonchev–Trinajstić information content (AvgIpc) is 2.90. The van der Waals surface area contributed by atoms with E-state index in [4.69, 9.17) is 0 Å². The summed E-state index contributed by atoms with van der Waals surface area (Å²) in [6, 6.07) is 10.5. The summed E-state index contributed by atoms with van der Waals surface area (Å²) in [4.78, 5) is 14.2. The van der Waals surface area contributed by atoms with Crippen LogP contribution in [0.15, 0.2) is 30.3 Å². The van der Waals surface area contributed by atoms with Crippen molar-refractivity contribution in [2.24, 2.45) is 11.8 Å². The van der Waals surface area contributed by atoms with Crippen molar-refractivity contribution >= 4 is 5.91 Å². The van der Waals surface area contributed by atoms with Crippen LogP contribution in [0.25, 0.3) is 0 Å². The van der Waals surface area contributed by atoms with Crippen molar-refractivity contribution in [2.75, 3.05) is 26.7 Å². The summed E-state index contributed by atoms with van der Waals surface area (Å²) in [5.74, 6) is 0.950. The molecular formula is C17H26N2O. The van der Waals surface area contributed by atoms with Crippen molar-refractivity contribution in [3.63, 3.8) is 0 Å². The van der Waals surface area contributed by atoms with E-state index in [1.54, 1.807) is 0 Å². The minimum Gasteiger partial charge on any atom is -0.345 e. The Labute approximate surface area is 122 Å². The predicted octanol–water partition coefficient (Wildman–Crippen LogP) is 2.32. The van der Waals surface area contributed by atoms with Crippen LogP contribution in [0.2, 0.25) is 0 Å². The third-order valence-corrected chi connectivity index (χ3v) is 4.26. The number of benzene rings is 1. The number of nitrogens with one attached hydrogen (secondary N) is 1. The van der Waals surface area contributed by atoms with Gasteiger partial charge in [-0.3, -0.25) is 4.79 Å². The molecule has 0 radical (unpaired) electrons. The summed E-state index contributed by atoms with van der Waals surface area (Å²) in [6.07, 6.45) is 3.32. The molecule has 1 saturated heterocycles. The lowest BCUT2D eigenvalue weighted by Gasteiger charge is -2.22. The Morgan fingerprint density at radius 2 is 2.00 bits per heavy atom. The lowest BCUT2D eigenvalue weighted by molar-refractivity contribution is -0.134. The molecule has 3 nitrogen and oxygen atoms in total. The molecule has 1 heterocycles. The van der Waals surface area contributed by atoms with Crippen LogP contribution in [-0.4, -0.2) is 37.5 Å². The fourth-order valence-electron chi connectivity index (χ4n) is 2.86. The Hall–Kier alpha value is -1.35. The Balaban J connectivity index is 1.67. The van der Waals surface area contributed by atoms with Gasteiger partial charge in [0.05, 0.1) is 5.92 Å². The molecule has 0 bridgehead atoms. The van der Waals surface area contributed by atoms with E-state index in [2.05, 4.69) is 36.5 Å². The average molecular weight is 274 g/mol. The molecule has 1 N–H and O–H groups in total. The Kier molecular flexibility index (Phi) is 5.60. The maximum atomic E-state index is 12.3. The van der Waals surface area contributed by atoms with Crippen molar-refractivity contribution in [1.29, 1.82) is 0 Å². The number of hydrogen-bond donors (Lipinski definition) is 1. The maximum absolute atomic E-state index is 12.3. The number of nitrogens with zero attached hydrogens (tertiary/aromatic N) is 1. The first-order valence-electron chi connectivity index (χ1n) is 7.68. The van der Waals surface area contributed by atoms with Gasteiger partial charge in [-0.05, 0) is 37.3 Å². The molecule has 1 aliphatic rings. The number of aryl methyl sites for hydroxylation is 1. The van der Waals surface area contributed by atoms with Crippen LogP contribution in [0.3, 0.4) is 0 Å². The second kappa shape index (κ2) is 7.44. The van der Waals surface area contributed by atoms with Crippen LogP contribution in [0.5, 0.6) is 0 Å². The standard InChI is InChI=1S/C17H26N2O/c1-14-12-18-13-16(14)17(20)19(2)11-7-6-10-15-8-4-3-5-9-15/h3-5,8-9,14,16,18H,6-7,10-13H2,1-2H3/t14-,16-/m1/s1. The highest BCUT2D eigenvalue weighted by Gasteiger charge is 2.31. The summed E-state index contributed by atoms with van der Waals surface area (Å²) >= 11 is 0. The van der Waals surface area contributed by atoms with E-state index in [0.29, 0.717) is 11.8 Å². The van der Waals surface area contributed by atoms with E-state index in [1.165, 1.54) is 5.56 Å². The van der Waals surface area contributed by atoms with Gasteiger partial charge in [0.25, 0.3) is 0 Å². The largest absolute Gasteiger partial charge is 0.345 e. The van der Waals surface area contributed by atoms with Gasteiger partial charge >= 0.3 is 0 Å². The first-order valence-corrected chi connectivity index (χ1v) is 7.68. The van der Waals surface area contributed by atoms with Crippen molar-refractivity contribution in [3.8, 4) is 0 Å². The Morgan fingerprint density at radius 3 is 2.65 bits per heavy atom. The summed E-state index contributed by atoms with van der Waals surface area (Å²) in [5.41, 5.74) is 1.38. The molecule has 110 valence electrons. The van der Waals surface area contributed by atoms with Crippen LogP contribution in [0, 0.1) is 11.8 Å². The van der Waals surface area contributed by atoms with Gasteiger partial charge in [-0.1, -0.05) is 37.3 Å². The molecule has 1 fully saturated rings. The lowest BCUT2D eigenvalue weighted by Crippen LogP contribution is -2.36. The highest BCUT2D eigenvalue weighted by Crippen LogP contribution is 2.18. The minimum atomic E-state index is 0.175. The van der Waals surface area contributed by atoms with Gasteiger partial charge in [0, 0.05) is 20.1 Å². The molecule has 3 heteroatoms. The molecule has 2 rings (SSSR count). The highest BCUT2D eigenvalue weighted by atomic mass is 16.2. The first kappa shape index (κ1) is 15.0. The van der Waals surface area contributed by atoms with Crippen LogP contribution >= 0.6 is 0 Å². The molecule has 2 atom stereocenters. The lowest BCUT2D eigenvalue weighted by atomic mass is 9.96. The number of carbonyl (C=O) groups excluding carboxylic acids is 1. The number of unbranched alkanes of at least 4 members (excludes halogenated alkanes) is 1. The fraction of sp³-hybridized carbons (Fsp3) is 0.588. The van der Waals surface area contributed by atoms with E-state index in [-0.39, 0.29) is 5.92 Å². The molecule has 1 aromatic carbocycles. The molecule has 0 spiro atoms. The van der Waals surface area contributed by atoms with Gasteiger partial charge in [-0.25, -0.2) is 0 Å². The quantitative estimate of drug-likeness (QED) is 0.808. The van der Waals surface area contributed by atoms with Gasteiger partial charge in [0.1, 0.15) is 0 Å². The van der Waals surface area contributed by atoms with Crippen molar-refractivity contribution in [3.05, 3.63) is 35.9 Å². The van der Waals surface area contributed by atoms with Gasteiger partial charge in [0.2, 0.25) is 5.91 Å². The molecule has 1 aromatic rings. The predicted molar refractivity (Wildman–Crippen MR) is 82.5 cm³/mol. The SMILES string of the molecule is C[C@@H]1CNC[C@H]1C(=O)N(C)CCCCc1ccccc1. The van der Waals surface area contributed by atoms with E-state index in [1.807, 2.05) is 18.0 Å². The highest BCUT2D eigenvalue weighted by molar-refractivity contribution is 5.79. The molecule has 0 unspecified atom stereocenters. The third-order valence-electron chi connectivity index (χ3n) is 4.26. The molecule has 0 aliphatic carbocycles. The minimum absolute atomic E-state index is 0.175. The monoisotopic (exact) mass is 274 g/mol. The smallest absolute Gasteiger partial charge is 0.227 e. The van der Waals surface area contributed by atoms with Crippen LogP contribution in [0.4, 0.5) is 0 Å². The van der Waals surface area contributed by atoms with Gasteiger partial charge in [-0.15, -0.1) is 0 Å². The molecule has 0 aromatic heterocycles. The number of carbonyl (C=O) groups is 1. The van der Waals surface area contributed by atoms with Crippen LogP contribution in [0.1, 0.15) is 25.3 Å². The molecular weight excluding hydrogens is 248 g/mol. The number of amides is 1. The molecule has 20 heavy (non-hydrogen) atoms. The fourth-order valence-corrected chi connectivity index (χ4v) is 2.86. The van der Waals surface area contributed by atoms with E-state index >= 15 is 0 Å². The maximum Gasteiger partial charge on any atom is 0.227 e. The molecule has 1 amide bonds. The molecule has 0 saturated carbocycles. The topological polar surface area (TPSA) is 32.3 Å². The van der Waals surface area contributed by atoms with E-state index in [0.717, 1.165) is 38.9 Å². The summed E-state index contributed by atoms with van der Waals surface area (Å²) < 4.78 is 0. The van der Waals surface area contributed by atoms with Crippen molar-refractivity contribution < 1.29 is 4.79 Å². The second-order valence-electron chi connectivity index (χ2n) is 5.94. The van der Waals surface area contributed by atoms with Crippen molar-refractivity contribution in [2.45, 2.75) is 26.2 Å². The van der Waals surface area contributed by atoms with Gasteiger partial charge < -0.3 is 10.2 Å². The zero-order chi connectivity index (χ0) is 14.4. The number of rotatable bonds is 6. The second-order valence-corrected chi connectivity index (χ2v) is 5.94. The van der Waals surface area contributed by atoms with Crippen LogP contribution < -0.4 is 5.32 Å². The summed E-state index contributed by atoms with van der Waals surface area (Å²) in [6.45, 7) is 4.84. The zero-order valence-electron chi connectivity index (χ0n) is 12.6. The summed E-state index contributed by atoms with van der Waals surface area (Å²) in [5, 5.41) is 3.30. The summed E-state index contributed by atoms with van der Waals surface area (Å²) in [7, 11) is 1.94. The van der Waals surface area contributed by atoms with Crippen molar-refractivity contribution in [1.82, 2.24) is 10.2 Å². The van der Waals surface area contributed by atoms with E-state index in [9.17, 15) is 4.79 Å². The van der Waals surface area contributed by atoms with Gasteiger partial charge in [-0.2, -0.15) is 0 Å².